The molecule has 0 atom stereocenters. The van der Waals surface area contributed by atoms with Crippen molar-refractivity contribution >= 4 is 5.91 Å². The zero-order valence-electron chi connectivity index (χ0n) is 14.9. The molecule has 3 rings (SSSR count). The van der Waals surface area contributed by atoms with E-state index in [0.29, 0.717) is 12.1 Å². The molecule has 2 N–H and O–H groups in total. The number of nitrogens with one attached hydrogen (secondary N) is 1. The predicted octanol–water partition coefficient (Wildman–Crippen LogP) is 4.06. The lowest BCUT2D eigenvalue weighted by Crippen LogP contribution is -2.18. The zero-order chi connectivity index (χ0) is 18.4. The number of hydrogen-bond donors (Lipinski definition) is 2. The number of nitrogens with zero attached hydrogens (tertiary/aromatic N) is 2. The van der Waals surface area contributed by atoms with Gasteiger partial charge in [-0.25, -0.2) is 5.48 Å². The van der Waals surface area contributed by atoms with Gasteiger partial charge in [0.05, 0.1) is 12.2 Å². The minimum atomic E-state index is -0.509. The predicted molar refractivity (Wildman–Crippen MR) is 101 cm³/mol. The molecule has 134 valence electrons. The molecule has 0 saturated carbocycles. The summed E-state index contributed by atoms with van der Waals surface area (Å²) in [6, 6.07) is 19.5. The molecule has 0 fully saturated rings. The van der Waals surface area contributed by atoms with E-state index in [4.69, 9.17) is 10.3 Å². The van der Waals surface area contributed by atoms with Gasteiger partial charge in [0.25, 0.3) is 5.91 Å². The highest BCUT2D eigenvalue weighted by atomic mass is 16.5. The summed E-state index contributed by atoms with van der Waals surface area (Å²) >= 11 is 0. The molecule has 5 nitrogen and oxygen atoms in total. The van der Waals surface area contributed by atoms with E-state index in [0.717, 1.165) is 36.1 Å². The number of hydrogen-bond acceptors (Lipinski definition) is 3. The number of benzene rings is 2. The molecule has 0 aliphatic carbocycles. The molecule has 26 heavy (non-hydrogen) atoms. The van der Waals surface area contributed by atoms with Crippen molar-refractivity contribution in [3.05, 3.63) is 77.5 Å². The molecule has 0 unspecified atom stereocenters. The van der Waals surface area contributed by atoms with Crippen molar-refractivity contribution in [3.8, 4) is 11.3 Å². The Morgan fingerprint density at radius 2 is 1.85 bits per heavy atom. The molecular weight excluding hydrogens is 326 g/mol. The van der Waals surface area contributed by atoms with Crippen LogP contribution in [0, 0.1) is 0 Å². The first-order chi connectivity index (χ1) is 12.7. The molecule has 0 aliphatic rings. The topological polar surface area (TPSA) is 67.2 Å². The van der Waals surface area contributed by atoms with Crippen LogP contribution in [0.1, 0.15) is 41.4 Å². The minimum absolute atomic E-state index is 0.424. The fourth-order valence-corrected chi connectivity index (χ4v) is 2.90. The van der Waals surface area contributed by atoms with Crippen LogP contribution in [0.25, 0.3) is 11.3 Å². The van der Waals surface area contributed by atoms with Gasteiger partial charge in [0.2, 0.25) is 0 Å². The molecule has 0 radical (unpaired) electrons. The fourth-order valence-electron chi connectivity index (χ4n) is 2.90. The molecule has 0 bridgehead atoms. The third-order valence-corrected chi connectivity index (χ3v) is 4.37. The van der Waals surface area contributed by atoms with Gasteiger partial charge in [-0.2, -0.15) is 5.10 Å². The standard InChI is InChI=1S/C21H23N3O2/c1-2-3-9-19-14-20(17-7-5-4-6-8-17)22-24(19)15-16-10-12-18(13-11-16)21(25)23-26/h4-8,10-14,26H,2-3,9,15H2,1H3,(H,23,25). The van der Waals surface area contributed by atoms with Gasteiger partial charge in [-0.15, -0.1) is 0 Å². The van der Waals surface area contributed by atoms with E-state index in [1.807, 2.05) is 35.0 Å². The number of hydroxylamine groups is 1. The molecule has 1 aromatic heterocycles. The van der Waals surface area contributed by atoms with Crippen molar-refractivity contribution in [1.29, 1.82) is 0 Å². The smallest absolute Gasteiger partial charge is 0.274 e. The average molecular weight is 349 g/mol. The van der Waals surface area contributed by atoms with Crippen LogP contribution in [0.4, 0.5) is 0 Å². The summed E-state index contributed by atoms with van der Waals surface area (Å²) < 4.78 is 2.04. The molecule has 5 heteroatoms. The maximum atomic E-state index is 11.4. The van der Waals surface area contributed by atoms with Crippen molar-refractivity contribution in [2.75, 3.05) is 0 Å². The largest absolute Gasteiger partial charge is 0.288 e. The summed E-state index contributed by atoms with van der Waals surface area (Å²) in [7, 11) is 0. The summed E-state index contributed by atoms with van der Waals surface area (Å²) in [5.41, 5.74) is 6.43. The number of rotatable bonds is 7. The van der Waals surface area contributed by atoms with Crippen LogP contribution >= 0.6 is 0 Å². The van der Waals surface area contributed by atoms with Gasteiger partial charge in [0.1, 0.15) is 0 Å². The first kappa shape index (κ1) is 17.9. The van der Waals surface area contributed by atoms with Crippen molar-refractivity contribution in [2.24, 2.45) is 0 Å². The Morgan fingerprint density at radius 3 is 2.50 bits per heavy atom. The zero-order valence-corrected chi connectivity index (χ0v) is 14.9. The van der Waals surface area contributed by atoms with Crippen LogP contribution in [0.2, 0.25) is 0 Å². The Labute approximate surface area is 153 Å². The maximum Gasteiger partial charge on any atom is 0.274 e. The Balaban J connectivity index is 1.85. The number of aromatic nitrogens is 2. The van der Waals surface area contributed by atoms with Crippen LogP contribution < -0.4 is 5.48 Å². The Hall–Kier alpha value is -2.92. The summed E-state index contributed by atoms with van der Waals surface area (Å²) in [4.78, 5) is 11.4. The molecule has 3 aromatic rings. The van der Waals surface area contributed by atoms with E-state index in [9.17, 15) is 4.79 Å². The molecule has 0 aliphatic heterocycles. The Morgan fingerprint density at radius 1 is 1.12 bits per heavy atom. The van der Waals surface area contributed by atoms with Crippen LogP contribution in [0.15, 0.2) is 60.7 Å². The second-order valence-corrected chi connectivity index (χ2v) is 6.29. The maximum absolute atomic E-state index is 11.4. The Kier molecular flexibility index (Phi) is 5.81. The van der Waals surface area contributed by atoms with Gasteiger partial charge in [-0.3, -0.25) is 14.7 Å². The fraction of sp³-hybridized carbons (Fsp3) is 0.238. The summed E-state index contributed by atoms with van der Waals surface area (Å²) in [6.45, 7) is 2.83. The van der Waals surface area contributed by atoms with Gasteiger partial charge in [-0.05, 0) is 36.6 Å². The first-order valence-electron chi connectivity index (χ1n) is 8.86. The van der Waals surface area contributed by atoms with E-state index >= 15 is 0 Å². The van der Waals surface area contributed by atoms with Crippen LogP contribution in [0.5, 0.6) is 0 Å². The molecule has 0 spiro atoms. The number of aryl methyl sites for hydroxylation is 1. The van der Waals surface area contributed by atoms with E-state index in [2.05, 4.69) is 25.1 Å². The van der Waals surface area contributed by atoms with Gasteiger partial charge in [0, 0.05) is 16.8 Å². The van der Waals surface area contributed by atoms with Gasteiger partial charge in [0.15, 0.2) is 0 Å². The number of amides is 1. The van der Waals surface area contributed by atoms with Crippen LogP contribution in [-0.4, -0.2) is 20.9 Å². The highest BCUT2D eigenvalue weighted by Gasteiger charge is 2.10. The molecule has 0 saturated heterocycles. The summed E-state index contributed by atoms with van der Waals surface area (Å²) in [6.07, 6.45) is 3.24. The lowest BCUT2D eigenvalue weighted by Gasteiger charge is -2.08. The molecule has 1 amide bonds. The van der Waals surface area contributed by atoms with Crippen molar-refractivity contribution < 1.29 is 10.0 Å². The van der Waals surface area contributed by atoms with Crippen molar-refractivity contribution in [2.45, 2.75) is 32.7 Å². The third kappa shape index (κ3) is 4.18. The molecular formula is C21H23N3O2. The highest BCUT2D eigenvalue weighted by Crippen LogP contribution is 2.21. The monoisotopic (exact) mass is 349 g/mol. The molecule has 1 heterocycles. The summed E-state index contributed by atoms with van der Waals surface area (Å²) in [5.74, 6) is -0.509. The van der Waals surface area contributed by atoms with Crippen LogP contribution in [-0.2, 0) is 13.0 Å². The van der Waals surface area contributed by atoms with E-state index < -0.39 is 5.91 Å². The van der Waals surface area contributed by atoms with Crippen molar-refractivity contribution in [3.63, 3.8) is 0 Å². The van der Waals surface area contributed by atoms with E-state index in [-0.39, 0.29) is 0 Å². The number of unbranched alkanes of at least 4 members (excludes halogenated alkanes) is 1. The first-order valence-corrected chi connectivity index (χ1v) is 8.86. The number of carbonyl (C=O) groups is 1. The minimum Gasteiger partial charge on any atom is -0.288 e. The highest BCUT2D eigenvalue weighted by molar-refractivity contribution is 5.93. The van der Waals surface area contributed by atoms with E-state index in [1.165, 1.54) is 5.69 Å². The van der Waals surface area contributed by atoms with E-state index in [1.54, 1.807) is 17.6 Å². The van der Waals surface area contributed by atoms with Gasteiger partial charge < -0.3 is 0 Å². The SMILES string of the molecule is CCCCc1cc(-c2ccccc2)nn1Cc1ccc(C(=O)NO)cc1. The molecule has 2 aromatic carbocycles. The summed E-state index contributed by atoms with van der Waals surface area (Å²) in [5, 5.41) is 13.5. The Bertz CT molecular complexity index is 855. The van der Waals surface area contributed by atoms with Gasteiger partial charge in [-0.1, -0.05) is 55.8 Å². The van der Waals surface area contributed by atoms with Gasteiger partial charge >= 0.3 is 0 Å². The quantitative estimate of drug-likeness (QED) is 0.499. The van der Waals surface area contributed by atoms with Crippen LogP contribution in [0.3, 0.4) is 0 Å². The lowest BCUT2D eigenvalue weighted by atomic mass is 10.1. The average Bonchev–Trinajstić information content (AvgIpc) is 3.09. The number of carbonyl (C=O) groups excluding carboxylic acids is 1. The second-order valence-electron chi connectivity index (χ2n) is 6.29. The lowest BCUT2D eigenvalue weighted by molar-refractivity contribution is 0.0706. The second kappa shape index (κ2) is 8.45. The normalized spacial score (nSPS) is 10.7. The van der Waals surface area contributed by atoms with Crippen molar-refractivity contribution in [1.82, 2.24) is 15.3 Å². The third-order valence-electron chi connectivity index (χ3n) is 4.37.